The van der Waals surface area contributed by atoms with Crippen molar-refractivity contribution in [3.05, 3.63) is 61.6 Å². The molecule has 3 N–H and O–H groups in total. The first-order valence-corrected chi connectivity index (χ1v) is 5.85. The van der Waals surface area contributed by atoms with Crippen LogP contribution >= 0.6 is 11.6 Å². The number of nitro groups is 1. The summed E-state index contributed by atoms with van der Waals surface area (Å²) >= 11 is 6.00. The second-order valence-electron chi connectivity index (χ2n) is 3.89. The first-order valence-electron chi connectivity index (χ1n) is 5.48. The van der Waals surface area contributed by atoms with Crippen molar-refractivity contribution in [3.63, 3.8) is 0 Å². The lowest BCUT2D eigenvalue weighted by atomic mass is 10.3. The van der Waals surface area contributed by atoms with Gasteiger partial charge >= 0.3 is 5.69 Å². The predicted octanol–water partition coefficient (Wildman–Crippen LogP) is 1.14. The van der Waals surface area contributed by atoms with Crippen molar-refractivity contribution in [1.82, 2.24) is 9.55 Å². The van der Waals surface area contributed by atoms with E-state index in [1.165, 1.54) is 10.8 Å². The summed E-state index contributed by atoms with van der Waals surface area (Å²) < 4.78 is 1.45. The van der Waals surface area contributed by atoms with Crippen LogP contribution in [0.15, 0.2) is 35.4 Å². The highest BCUT2D eigenvalue weighted by Crippen LogP contribution is 2.17. The zero-order valence-corrected chi connectivity index (χ0v) is 10.9. The summed E-state index contributed by atoms with van der Waals surface area (Å²) in [6, 6.07) is 4.33. The maximum atomic E-state index is 11.3. The summed E-state index contributed by atoms with van der Waals surface area (Å²) in [5.41, 5.74) is 1.70. The summed E-state index contributed by atoms with van der Waals surface area (Å²) in [6.45, 7) is 0.176. The number of hydrogen-bond acceptors (Lipinski definition) is 6. The van der Waals surface area contributed by atoms with Gasteiger partial charge in [-0.3, -0.25) is 14.9 Å². The number of pyridine rings is 2. The van der Waals surface area contributed by atoms with E-state index in [2.05, 4.69) is 10.4 Å². The van der Waals surface area contributed by atoms with Gasteiger partial charge in [0.2, 0.25) is 0 Å². The fraction of sp³-hybridized carbons (Fsp3) is 0.0909. The Hall–Kier alpha value is -2.45. The van der Waals surface area contributed by atoms with E-state index in [1.54, 1.807) is 12.1 Å². The highest BCUT2D eigenvalue weighted by Gasteiger charge is 2.12. The van der Waals surface area contributed by atoms with Crippen molar-refractivity contribution < 1.29 is 4.92 Å². The van der Waals surface area contributed by atoms with E-state index in [1.807, 2.05) is 0 Å². The predicted molar refractivity (Wildman–Crippen MR) is 73.5 cm³/mol. The van der Waals surface area contributed by atoms with Gasteiger partial charge in [-0.15, -0.1) is 0 Å². The van der Waals surface area contributed by atoms with Gasteiger partial charge < -0.3 is 9.99 Å². The lowest BCUT2D eigenvalue weighted by molar-refractivity contribution is -0.386. The maximum absolute atomic E-state index is 11.3. The number of rotatable bonds is 4. The molecule has 2 heterocycles. The molecule has 0 aliphatic carbocycles. The molecular weight excluding hydrogens is 286 g/mol. The summed E-state index contributed by atoms with van der Waals surface area (Å²) in [4.78, 5) is 25.4. The second kappa shape index (κ2) is 5.68. The Morgan fingerprint density at radius 2 is 2.20 bits per heavy atom. The van der Waals surface area contributed by atoms with Gasteiger partial charge in [0.05, 0.1) is 28.4 Å². The molecule has 0 saturated carbocycles. The smallest absolute Gasteiger partial charge is 0.332 e. The third-order valence-electron chi connectivity index (χ3n) is 2.55. The number of nitrogen functional groups attached to an aromatic ring is 1. The van der Waals surface area contributed by atoms with Crippen LogP contribution in [0.4, 0.5) is 11.5 Å². The van der Waals surface area contributed by atoms with Crippen molar-refractivity contribution in [3.8, 4) is 0 Å². The minimum absolute atomic E-state index is 0.176. The molecule has 0 bridgehead atoms. The molecule has 0 saturated heterocycles. The van der Waals surface area contributed by atoms with Crippen LogP contribution in [0.5, 0.6) is 0 Å². The summed E-state index contributed by atoms with van der Waals surface area (Å²) in [6.07, 6.45) is 2.57. The first kappa shape index (κ1) is 14.0. The fourth-order valence-corrected chi connectivity index (χ4v) is 1.76. The van der Waals surface area contributed by atoms with Gasteiger partial charge in [-0.1, -0.05) is 11.6 Å². The molecule has 0 fully saturated rings. The molecule has 0 aliphatic rings. The van der Waals surface area contributed by atoms with Gasteiger partial charge in [-0.2, -0.15) is 0 Å². The molecule has 0 radical (unpaired) electrons. The zero-order valence-electron chi connectivity index (χ0n) is 10.1. The van der Waals surface area contributed by atoms with Gasteiger partial charge in [0.1, 0.15) is 5.82 Å². The third-order valence-corrected chi connectivity index (χ3v) is 2.90. The molecule has 0 spiro atoms. The number of anilines is 1. The minimum Gasteiger partial charge on any atom is -0.342 e. The Morgan fingerprint density at radius 1 is 1.45 bits per heavy atom. The summed E-state index contributed by atoms with van der Waals surface area (Å²) in [5, 5.41) is 11.1. The average Bonchev–Trinajstić information content (AvgIpc) is 2.43. The number of halogens is 1. The largest absolute Gasteiger partial charge is 0.342 e. The topological polar surface area (TPSA) is 116 Å². The number of hydrogen-bond donors (Lipinski definition) is 2. The lowest BCUT2D eigenvalue weighted by Crippen LogP contribution is -2.13. The van der Waals surface area contributed by atoms with E-state index in [0.29, 0.717) is 16.5 Å². The van der Waals surface area contributed by atoms with Crippen LogP contribution in [0.1, 0.15) is 5.69 Å². The minimum atomic E-state index is -0.730. The number of hydrazine groups is 1. The molecule has 2 rings (SSSR count). The van der Waals surface area contributed by atoms with E-state index in [0.717, 1.165) is 12.3 Å². The quantitative estimate of drug-likeness (QED) is 0.496. The van der Waals surface area contributed by atoms with Crippen LogP contribution in [-0.4, -0.2) is 14.5 Å². The number of nitrogens with one attached hydrogen (secondary N) is 1. The molecule has 0 unspecified atom stereocenters. The molecule has 104 valence electrons. The van der Waals surface area contributed by atoms with Crippen molar-refractivity contribution in [1.29, 1.82) is 0 Å². The SMILES string of the molecule is NNc1ccc(Cl)c(Cn2ccc(=O)c([N+](=O)[O-])c2)n1. The lowest BCUT2D eigenvalue weighted by Gasteiger charge is -2.08. The normalized spacial score (nSPS) is 10.3. The standard InChI is InChI=1S/C11H10ClN5O3/c12-7-1-2-11(15-13)14-8(7)5-16-4-3-10(18)9(6-16)17(19)20/h1-4,6H,5,13H2,(H,14,15). The molecule has 20 heavy (non-hydrogen) atoms. The Bertz CT molecular complexity index is 715. The zero-order chi connectivity index (χ0) is 14.7. The third kappa shape index (κ3) is 2.92. The van der Waals surface area contributed by atoms with Gasteiger partial charge in [0, 0.05) is 12.3 Å². The Labute approximate surface area is 117 Å². The van der Waals surface area contributed by atoms with Crippen LogP contribution in [0.3, 0.4) is 0 Å². The number of aromatic nitrogens is 2. The van der Waals surface area contributed by atoms with Gasteiger partial charge in [-0.05, 0) is 12.1 Å². The van der Waals surface area contributed by atoms with Crippen molar-refractivity contribution in [2.75, 3.05) is 5.43 Å². The average molecular weight is 296 g/mol. The van der Waals surface area contributed by atoms with Crippen molar-refractivity contribution in [2.24, 2.45) is 5.84 Å². The van der Waals surface area contributed by atoms with E-state index >= 15 is 0 Å². The highest BCUT2D eigenvalue weighted by molar-refractivity contribution is 6.31. The fourth-order valence-electron chi connectivity index (χ4n) is 1.60. The molecule has 9 heteroatoms. The molecule has 2 aromatic heterocycles. The molecule has 0 atom stereocenters. The van der Waals surface area contributed by atoms with Gasteiger partial charge in [0.25, 0.3) is 5.43 Å². The van der Waals surface area contributed by atoms with Crippen LogP contribution in [0.2, 0.25) is 5.02 Å². The maximum Gasteiger partial charge on any atom is 0.332 e. The van der Waals surface area contributed by atoms with E-state index in [-0.39, 0.29) is 6.54 Å². The van der Waals surface area contributed by atoms with E-state index < -0.39 is 16.0 Å². The first-order chi connectivity index (χ1) is 9.51. The Balaban J connectivity index is 2.37. The van der Waals surface area contributed by atoms with Crippen LogP contribution in [-0.2, 0) is 6.54 Å². The molecule has 2 aromatic rings. The monoisotopic (exact) mass is 295 g/mol. The van der Waals surface area contributed by atoms with E-state index in [9.17, 15) is 14.9 Å². The second-order valence-corrected chi connectivity index (χ2v) is 4.30. The van der Waals surface area contributed by atoms with Gasteiger partial charge in [0.15, 0.2) is 0 Å². The highest BCUT2D eigenvalue weighted by atomic mass is 35.5. The summed E-state index contributed by atoms with van der Waals surface area (Å²) in [5.74, 6) is 5.67. The van der Waals surface area contributed by atoms with Crippen molar-refractivity contribution >= 4 is 23.1 Å². The Kier molecular flexibility index (Phi) is 3.97. The van der Waals surface area contributed by atoms with Crippen LogP contribution < -0.4 is 16.7 Å². The summed E-state index contributed by atoms with van der Waals surface area (Å²) in [7, 11) is 0. The molecule has 0 aromatic carbocycles. The molecular formula is C11H10ClN5O3. The van der Waals surface area contributed by atoms with Gasteiger partial charge in [-0.25, -0.2) is 10.8 Å². The van der Waals surface area contributed by atoms with Crippen molar-refractivity contribution in [2.45, 2.75) is 6.54 Å². The number of nitrogens with two attached hydrogens (primary N) is 1. The molecule has 0 amide bonds. The van der Waals surface area contributed by atoms with Crippen LogP contribution in [0.25, 0.3) is 0 Å². The van der Waals surface area contributed by atoms with Crippen LogP contribution in [0, 0.1) is 10.1 Å². The molecule has 8 nitrogen and oxygen atoms in total. The molecule has 0 aliphatic heterocycles. The van der Waals surface area contributed by atoms with E-state index in [4.69, 9.17) is 17.4 Å². The Morgan fingerprint density at radius 3 is 2.85 bits per heavy atom. The number of nitrogens with zero attached hydrogens (tertiary/aromatic N) is 3.